The summed E-state index contributed by atoms with van der Waals surface area (Å²) in [5, 5.41) is 2.77. The van der Waals surface area contributed by atoms with Gasteiger partial charge in [0.2, 0.25) is 10.0 Å². The van der Waals surface area contributed by atoms with Crippen molar-refractivity contribution in [3.63, 3.8) is 0 Å². The minimum atomic E-state index is -3.64. The van der Waals surface area contributed by atoms with Gasteiger partial charge in [0.1, 0.15) is 0 Å². The number of sulfonamides is 1. The maximum atomic E-state index is 12.0. The summed E-state index contributed by atoms with van der Waals surface area (Å²) in [6, 6.07) is 5.68. The van der Waals surface area contributed by atoms with Crippen LogP contribution in [-0.4, -0.2) is 40.6 Å². The zero-order valence-corrected chi connectivity index (χ0v) is 14.9. The number of carbonyl (C=O) groups is 1. The lowest BCUT2D eigenvalue weighted by molar-refractivity contribution is 0.0925. The second-order valence-corrected chi connectivity index (χ2v) is 7.40. The maximum Gasteiger partial charge on any atom is 0.251 e. The summed E-state index contributed by atoms with van der Waals surface area (Å²) in [4.78, 5) is 12.0. The second-order valence-electron chi connectivity index (χ2n) is 5.63. The molecule has 1 rings (SSSR count). The average molecular weight is 352 g/mol. The van der Waals surface area contributed by atoms with Gasteiger partial charge in [-0.15, -0.1) is 6.42 Å². The van der Waals surface area contributed by atoms with Gasteiger partial charge < -0.3 is 10.1 Å². The zero-order chi connectivity index (χ0) is 18.0. The normalized spacial score (nSPS) is 11.2. The van der Waals surface area contributed by atoms with E-state index >= 15 is 0 Å². The van der Waals surface area contributed by atoms with Crippen LogP contribution in [0.25, 0.3) is 0 Å². The molecule has 0 aliphatic heterocycles. The molecule has 6 nitrogen and oxygen atoms in total. The fraction of sp³-hybridized carbons (Fsp3) is 0.471. The molecule has 132 valence electrons. The van der Waals surface area contributed by atoms with E-state index in [0.29, 0.717) is 31.2 Å². The summed E-state index contributed by atoms with van der Waals surface area (Å²) in [7, 11) is -3.64. The van der Waals surface area contributed by atoms with E-state index in [9.17, 15) is 13.2 Å². The lowest BCUT2D eigenvalue weighted by Gasteiger charge is -2.08. The van der Waals surface area contributed by atoms with Crippen molar-refractivity contribution in [1.82, 2.24) is 10.0 Å². The van der Waals surface area contributed by atoms with E-state index in [-0.39, 0.29) is 17.3 Å². The first kappa shape index (κ1) is 20.2. The van der Waals surface area contributed by atoms with Gasteiger partial charge in [-0.25, -0.2) is 8.42 Å². The molecular weight excluding hydrogens is 328 g/mol. The van der Waals surface area contributed by atoms with Crippen LogP contribution in [-0.2, 0) is 14.8 Å². The van der Waals surface area contributed by atoms with Crippen molar-refractivity contribution in [3.05, 3.63) is 29.8 Å². The van der Waals surface area contributed by atoms with Crippen LogP contribution in [0.15, 0.2) is 29.2 Å². The molecule has 0 atom stereocenters. The molecule has 0 saturated carbocycles. The molecule has 0 unspecified atom stereocenters. The van der Waals surface area contributed by atoms with Crippen LogP contribution < -0.4 is 10.0 Å². The van der Waals surface area contributed by atoms with Crippen molar-refractivity contribution in [2.45, 2.75) is 25.2 Å². The molecule has 7 heteroatoms. The van der Waals surface area contributed by atoms with Crippen molar-refractivity contribution in [2.75, 3.05) is 26.3 Å². The Kier molecular flexibility index (Phi) is 8.47. The predicted octanol–water partition coefficient (Wildman–Crippen LogP) is 1.39. The summed E-state index contributed by atoms with van der Waals surface area (Å²) in [5.41, 5.74) is 0.397. The van der Waals surface area contributed by atoms with Crippen LogP contribution >= 0.6 is 0 Å². The predicted molar refractivity (Wildman–Crippen MR) is 93.1 cm³/mol. The highest BCUT2D eigenvalue weighted by Crippen LogP contribution is 2.10. The largest absolute Gasteiger partial charge is 0.381 e. The number of carbonyl (C=O) groups excluding carboxylic acids is 1. The van der Waals surface area contributed by atoms with Gasteiger partial charge in [-0.2, -0.15) is 4.72 Å². The molecule has 24 heavy (non-hydrogen) atoms. The van der Waals surface area contributed by atoms with Crippen molar-refractivity contribution < 1.29 is 17.9 Å². The van der Waals surface area contributed by atoms with Crippen molar-refractivity contribution in [2.24, 2.45) is 5.92 Å². The Labute approximate surface area is 144 Å². The molecule has 0 aromatic heterocycles. The van der Waals surface area contributed by atoms with Gasteiger partial charge in [0.25, 0.3) is 5.91 Å². The lowest BCUT2D eigenvalue weighted by Crippen LogP contribution is -2.26. The number of terminal acetylenes is 1. The molecule has 1 aromatic rings. The average Bonchev–Trinajstić information content (AvgIpc) is 2.56. The Bertz CT molecular complexity index is 661. The molecule has 0 aliphatic carbocycles. The lowest BCUT2D eigenvalue weighted by atomic mass is 10.2. The van der Waals surface area contributed by atoms with E-state index in [2.05, 4.69) is 29.8 Å². The minimum absolute atomic E-state index is 0.0661. The third-order valence-corrected chi connectivity index (χ3v) is 4.41. The van der Waals surface area contributed by atoms with Crippen LogP contribution in [0.5, 0.6) is 0 Å². The number of hydrogen-bond donors (Lipinski definition) is 2. The van der Waals surface area contributed by atoms with E-state index in [1.807, 2.05) is 0 Å². The quantitative estimate of drug-likeness (QED) is 0.492. The highest BCUT2D eigenvalue weighted by molar-refractivity contribution is 7.89. The van der Waals surface area contributed by atoms with E-state index < -0.39 is 10.0 Å². The number of benzene rings is 1. The molecule has 0 heterocycles. The van der Waals surface area contributed by atoms with E-state index in [0.717, 1.165) is 6.42 Å². The van der Waals surface area contributed by atoms with Gasteiger partial charge in [-0.3, -0.25) is 4.79 Å². The zero-order valence-electron chi connectivity index (χ0n) is 14.0. The molecule has 0 fully saturated rings. The molecular formula is C17H24N2O4S. The topological polar surface area (TPSA) is 84.5 Å². The van der Waals surface area contributed by atoms with Crippen LogP contribution in [0, 0.1) is 18.3 Å². The molecule has 1 aromatic carbocycles. The highest BCUT2D eigenvalue weighted by atomic mass is 32.2. The first-order valence-corrected chi connectivity index (χ1v) is 9.24. The Hall–Kier alpha value is -1.88. The first-order chi connectivity index (χ1) is 11.4. The van der Waals surface area contributed by atoms with Crippen LogP contribution in [0.4, 0.5) is 0 Å². The van der Waals surface area contributed by atoms with Gasteiger partial charge in [-0.1, -0.05) is 19.8 Å². The third kappa shape index (κ3) is 7.13. The van der Waals surface area contributed by atoms with Gasteiger partial charge in [0.05, 0.1) is 11.4 Å². The van der Waals surface area contributed by atoms with Crippen molar-refractivity contribution in [1.29, 1.82) is 0 Å². The second kappa shape index (κ2) is 10.1. The molecule has 2 N–H and O–H groups in total. The number of rotatable bonds is 10. The molecule has 0 saturated heterocycles. The smallest absolute Gasteiger partial charge is 0.251 e. The highest BCUT2D eigenvalue weighted by Gasteiger charge is 2.13. The fourth-order valence-electron chi connectivity index (χ4n) is 1.80. The van der Waals surface area contributed by atoms with Crippen LogP contribution in [0.2, 0.25) is 0 Å². The Morgan fingerprint density at radius 3 is 2.54 bits per heavy atom. The molecule has 0 aliphatic rings. The maximum absolute atomic E-state index is 12.0. The monoisotopic (exact) mass is 352 g/mol. The molecule has 0 bridgehead atoms. The summed E-state index contributed by atoms with van der Waals surface area (Å²) >= 11 is 0. The Balaban J connectivity index is 2.45. The first-order valence-electron chi connectivity index (χ1n) is 7.76. The summed E-state index contributed by atoms with van der Waals surface area (Å²) in [6.07, 6.45) is 5.75. The number of ether oxygens (including phenoxy) is 1. The van der Waals surface area contributed by atoms with Gasteiger partial charge >= 0.3 is 0 Å². The molecule has 0 spiro atoms. The van der Waals surface area contributed by atoms with Gasteiger partial charge in [0, 0.05) is 25.3 Å². The summed E-state index contributed by atoms with van der Waals surface area (Å²) in [5.74, 6) is 2.44. The standard InChI is InChI=1S/C17H24N2O4S/c1-4-10-19-24(21,22)16-8-6-15(7-9-16)17(20)18-11-5-12-23-13-14(2)3/h1,6-9,14,19H,5,10-13H2,2-3H3,(H,18,20). The Morgan fingerprint density at radius 1 is 1.29 bits per heavy atom. The number of hydrogen-bond acceptors (Lipinski definition) is 4. The number of amides is 1. The summed E-state index contributed by atoms with van der Waals surface area (Å²) < 4.78 is 31.4. The SMILES string of the molecule is C#CCNS(=O)(=O)c1ccc(C(=O)NCCCOCC(C)C)cc1. The molecule has 0 radical (unpaired) electrons. The minimum Gasteiger partial charge on any atom is -0.381 e. The fourth-order valence-corrected chi connectivity index (χ4v) is 2.74. The van der Waals surface area contributed by atoms with Gasteiger partial charge in [0.15, 0.2) is 0 Å². The van der Waals surface area contributed by atoms with Crippen molar-refractivity contribution in [3.8, 4) is 12.3 Å². The van der Waals surface area contributed by atoms with Crippen molar-refractivity contribution >= 4 is 15.9 Å². The van der Waals surface area contributed by atoms with Crippen LogP contribution in [0.3, 0.4) is 0 Å². The van der Waals surface area contributed by atoms with Crippen LogP contribution in [0.1, 0.15) is 30.6 Å². The Morgan fingerprint density at radius 2 is 1.96 bits per heavy atom. The van der Waals surface area contributed by atoms with Gasteiger partial charge in [-0.05, 0) is 36.6 Å². The van der Waals surface area contributed by atoms with E-state index in [1.165, 1.54) is 24.3 Å². The van der Waals surface area contributed by atoms with E-state index in [4.69, 9.17) is 11.2 Å². The summed E-state index contributed by atoms with van der Waals surface area (Å²) in [6.45, 7) is 5.87. The third-order valence-electron chi connectivity index (χ3n) is 2.99. The number of nitrogens with one attached hydrogen (secondary N) is 2. The van der Waals surface area contributed by atoms with E-state index in [1.54, 1.807) is 0 Å². The molecule has 1 amide bonds.